The van der Waals surface area contributed by atoms with Crippen molar-refractivity contribution in [1.29, 1.82) is 0 Å². The quantitative estimate of drug-likeness (QED) is 0.0169. The average Bonchev–Trinajstić information content (AvgIpc) is 3.10. The van der Waals surface area contributed by atoms with E-state index in [9.17, 15) is 43.2 Å². The highest BCUT2D eigenvalue weighted by atomic mass is 31.2. The highest BCUT2D eigenvalue weighted by Gasteiger charge is 2.30. The van der Waals surface area contributed by atoms with Gasteiger partial charge in [-0.15, -0.1) is 0 Å². The molecule has 0 spiro atoms. The lowest BCUT2D eigenvalue weighted by atomic mass is 10.0. The Kier molecular flexibility index (Phi) is 60.9. The average molecular weight is 1320 g/mol. The van der Waals surface area contributed by atoms with Crippen molar-refractivity contribution in [2.24, 2.45) is 11.8 Å². The molecule has 90 heavy (non-hydrogen) atoms. The van der Waals surface area contributed by atoms with Crippen LogP contribution in [0.2, 0.25) is 0 Å². The van der Waals surface area contributed by atoms with Gasteiger partial charge in [0.15, 0.2) is 12.2 Å². The topological polar surface area (TPSA) is 237 Å². The molecule has 0 heterocycles. The van der Waals surface area contributed by atoms with Gasteiger partial charge in [0, 0.05) is 25.7 Å². The van der Waals surface area contributed by atoms with Gasteiger partial charge in [-0.1, -0.05) is 284 Å². The molecular weight excluding hydrogens is 1190 g/mol. The number of ether oxygens (including phenoxy) is 4. The van der Waals surface area contributed by atoms with E-state index in [0.717, 1.165) is 115 Å². The first-order valence-corrected chi connectivity index (χ1v) is 39.3. The molecule has 5 atom stereocenters. The Morgan fingerprint density at radius 2 is 0.600 bits per heavy atom. The fourth-order valence-corrected chi connectivity index (χ4v) is 11.8. The zero-order valence-electron chi connectivity index (χ0n) is 57.9. The minimum atomic E-state index is -4.96. The number of rotatable bonds is 68. The predicted molar refractivity (Wildman–Crippen MR) is 363 cm³/mol. The van der Waals surface area contributed by atoms with E-state index in [1.165, 1.54) is 135 Å². The van der Waals surface area contributed by atoms with Crippen LogP contribution in [0.25, 0.3) is 0 Å². The number of carbonyl (C=O) groups excluding carboxylic acids is 4. The third kappa shape index (κ3) is 64.3. The summed E-state index contributed by atoms with van der Waals surface area (Å²) >= 11 is 0. The first kappa shape index (κ1) is 87.5. The SMILES string of the molecule is CCCCCC/C=C\C=C/CCCCCCCC(=O)O[C@H](COC(=O)CCCCCCCCCCCCCCCC)COP(=O)(O)OC[C@@H](O)COP(=O)(O)OC[C@@H](COC(=O)CCCCCCCCC(C)C)OC(=O)CCCCCCCCCCCC(C)C. The number of allylic oxidation sites excluding steroid dienone is 4. The molecule has 0 bridgehead atoms. The molecule has 0 amide bonds. The smallest absolute Gasteiger partial charge is 0.462 e. The molecule has 0 aromatic rings. The Hall–Kier alpha value is -2.46. The van der Waals surface area contributed by atoms with Crippen LogP contribution in [0.15, 0.2) is 24.3 Å². The Morgan fingerprint density at radius 3 is 0.911 bits per heavy atom. The van der Waals surface area contributed by atoms with Gasteiger partial charge in [0.2, 0.25) is 0 Å². The number of aliphatic hydroxyl groups excluding tert-OH is 1. The summed E-state index contributed by atoms with van der Waals surface area (Å²) in [5, 5.41) is 10.6. The fourth-order valence-electron chi connectivity index (χ4n) is 10.2. The van der Waals surface area contributed by atoms with Gasteiger partial charge < -0.3 is 33.8 Å². The summed E-state index contributed by atoms with van der Waals surface area (Å²) in [6, 6.07) is 0. The van der Waals surface area contributed by atoms with E-state index in [-0.39, 0.29) is 25.7 Å². The van der Waals surface area contributed by atoms with Crippen molar-refractivity contribution >= 4 is 39.5 Å². The van der Waals surface area contributed by atoms with Gasteiger partial charge in [0.1, 0.15) is 19.3 Å². The van der Waals surface area contributed by atoms with Crippen LogP contribution in [0, 0.1) is 11.8 Å². The number of aliphatic hydroxyl groups is 1. The van der Waals surface area contributed by atoms with Crippen molar-refractivity contribution in [3.63, 3.8) is 0 Å². The summed E-state index contributed by atoms with van der Waals surface area (Å²) in [7, 11) is -9.91. The van der Waals surface area contributed by atoms with Gasteiger partial charge in [-0.3, -0.25) is 37.3 Å². The summed E-state index contributed by atoms with van der Waals surface area (Å²) in [4.78, 5) is 72.5. The maximum atomic E-state index is 13.0. The minimum absolute atomic E-state index is 0.0851. The number of esters is 4. The lowest BCUT2D eigenvalue weighted by Crippen LogP contribution is -2.30. The zero-order valence-corrected chi connectivity index (χ0v) is 59.7. The lowest BCUT2D eigenvalue weighted by Gasteiger charge is -2.21. The molecule has 0 radical (unpaired) electrons. The monoisotopic (exact) mass is 1320 g/mol. The van der Waals surface area contributed by atoms with Gasteiger partial charge in [-0.2, -0.15) is 0 Å². The van der Waals surface area contributed by atoms with Gasteiger partial charge in [-0.25, -0.2) is 9.13 Å². The van der Waals surface area contributed by atoms with Gasteiger partial charge in [0.25, 0.3) is 0 Å². The van der Waals surface area contributed by atoms with Crippen molar-refractivity contribution < 1.29 is 80.2 Å². The molecule has 3 N–H and O–H groups in total. The Bertz CT molecular complexity index is 1850. The number of hydrogen-bond donors (Lipinski definition) is 3. The van der Waals surface area contributed by atoms with E-state index in [1.54, 1.807) is 0 Å². The molecule has 0 aliphatic carbocycles. The first-order valence-electron chi connectivity index (χ1n) is 36.3. The Labute approximate surface area is 548 Å². The third-order valence-corrected chi connectivity index (χ3v) is 17.7. The maximum absolute atomic E-state index is 13.0. The molecule has 0 saturated carbocycles. The second-order valence-electron chi connectivity index (χ2n) is 25.9. The summed E-state index contributed by atoms with van der Waals surface area (Å²) in [6.45, 7) is 9.38. The maximum Gasteiger partial charge on any atom is 0.472 e. The summed E-state index contributed by atoms with van der Waals surface area (Å²) in [6.07, 6.45) is 50.9. The number of unbranched alkanes of at least 4 members (excludes halogenated alkanes) is 35. The fraction of sp³-hybridized carbons (Fsp3) is 0.887. The van der Waals surface area contributed by atoms with Crippen molar-refractivity contribution in [2.75, 3.05) is 39.6 Å². The molecule has 530 valence electrons. The molecule has 0 saturated heterocycles. The van der Waals surface area contributed by atoms with Crippen LogP contribution in [0.3, 0.4) is 0 Å². The molecular formula is C71H134O17P2. The van der Waals surface area contributed by atoms with Crippen molar-refractivity contribution in [2.45, 2.75) is 355 Å². The molecule has 0 aromatic heterocycles. The van der Waals surface area contributed by atoms with Crippen LogP contribution in [-0.4, -0.2) is 96.7 Å². The second-order valence-corrected chi connectivity index (χ2v) is 28.8. The predicted octanol–water partition coefficient (Wildman–Crippen LogP) is 19.9. The standard InChI is InChI=1S/C71H134O17P2/c1-7-9-11-13-15-17-19-21-23-25-27-31-35-43-49-55-70(75)87-66(59-81-68(73)53-47-41-34-30-26-24-22-20-18-16-14-12-10-8-2)61-85-89(77,78)83-57-65(72)58-84-90(79,80)86-62-67(60-82-69(74)54-48-42-38-37-40-46-52-64(5)6)88-71(76)56-50-44-36-32-28-29-33-39-45-51-63(3)4/h17,19,21,23,63-67,72H,7-16,18,20,22,24-62H2,1-6H3,(H,77,78)(H,79,80)/b19-17-,23-21-/t65-,66-,67-/m1/s1. The number of phosphoric acid groups is 2. The van der Waals surface area contributed by atoms with Gasteiger partial charge >= 0.3 is 39.5 Å². The van der Waals surface area contributed by atoms with Gasteiger partial charge in [0.05, 0.1) is 26.4 Å². The molecule has 2 unspecified atom stereocenters. The van der Waals surface area contributed by atoms with Crippen LogP contribution < -0.4 is 0 Å². The number of phosphoric ester groups is 2. The molecule has 0 aliphatic rings. The molecule has 0 aromatic carbocycles. The summed E-state index contributed by atoms with van der Waals surface area (Å²) in [5.41, 5.74) is 0. The summed E-state index contributed by atoms with van der Waals surface area (Å²) < 4.78 is 68.2. The van der Waals surface area contributed by atoms with E-state index in [1.807, 2.05) is 0 Å². The summed E-state index contributed by atoms with van der Waals surface area (Å²) in [5.74, 6) is -0.743. The highest BCUT2D eigenvalue weighted by molar-refractivity contribution is 7.47. The lowest BCUT2D eigenvalue weighted by molar-refractivity contribution is -0.161. The van der Waals surface area contributed by atoms with E-state index >= 15 is 0 Å². The van der Waals surface area contributed by atoms with Crippen LogP contribution in [0.4, 0.5) is 0 Å². The minimum Gasteiger partial charge on any atom is -0.462 e. The Balaban J connectivity index is 5.28. The molecule has 19 heteroatoms. The van der Waals surface area contributed by atoms with Crippen molar-refractivity contribution in [1.82, 2.24) is 0 Å². The molecule has 0 fully saturated rings. The second kappa shape index (κ2) is 62.6. The largest absolute Gasteiger partial charge is 0.472 e. The van der Waals surface area contributed by atoms with E-state index in [2.05, 4.69) is 65.8 Å². The van der Waals surface area contributed by atoms with E-state index < -0.39 is 97.5 Å². The van der Waals surface area contributed by atoms with Crippen LogP contribution in [0.1, 0.15) is 337 Å². The third-order valence-electron chi connectivity index (χ3n) is 15.8. The van der Waals surface area contributed by atoms with E-state index in [0.29, 0.717) is 31.6 Å². The van der Waals surface area contributed by atoms with Gasteiger partial charge in [-0.05, 0) is 63.2 Å². The van der Waals surface area contributed by atoms with Crippen molar-refractivity contribution in [3.8, 4) is 0 Å². The number of hydrogen-bond acceptors (Lipinski definition) is 15. The Morgan fingerprint density at radius 1 is 0.344 bits per heavy atom. The normalized spacial score (nSPS) is 14.3. The van der Waals surface area contributed by atoms with Crippen LogP contribution in [-0.2, 0) is 65.4 Å². The van der Waals surface area contributed by atoms with Crippen LogP contribution >= 0.6 is 15.6 Å². The highest BCUT2D eigenvalue weighted by Crippen LogP contribution is 2.45. The van der Waals surface area contributed by atoms with Crippen molar-refractivity contribution in [3.05, 3.63) is 24.3 Å². The van der Waals surface area contributed by atoms with Crippen LogP contribution in [0.5, 0.6) is 0 Å². The first-order chi connectivity index (χ1) is 43.4. The molecule has 0 aliphatic heterocycles. The molecule has 17 nitrogen and oxygen atoms in total. The zero-order chi connectivity index (χ0) is 66.5. The number of carbonyl (C=O) groups is 4. The van der Waals surface area contributed by atoms with E-state index in [4.69, 9.17) is 37.0 Å². The molecule has 0 rings (SSSR count).